The lowest BCUT2D eigenvalue weighted by Gasteiger charge is -2.24. The Morgan fingerprint density at radius 3 is 2.81 bits per heavy atom. The van der Waals surface area contributed by atoms with E-state index in [1.54, 1.807) is 18.3 Å². The lowest BCUT2D eigenvalue weighted by atomic mass is 10.3. The van der Waals surface area contributed by atoms with Crippen LogP contribution in [0.3, 0.4) is 0 Å². The summed E-state index contributed by atoms with van der Waals surface area (Å²) < 4.78 is 7.60. The second kappa shape index (κ2) is 6.53. The smallest absolute Gasteiger partial charge is 0.350 e. The Morgan fingerprint density at radius 2 is 2.19 bits per heavy atom. The topological polar surface area (TPSA) is 68.8 Å². The van der Waals surface area contributed by atoms with Crippen molar-refractivity contribution in [2.45, 2.75) is 26.4 Å². The molecule has 2 aromatic rings. The molecule has 114 valence electrons. The van der Waals surface area contributed by atoms with Crippen molar-refractivity contribution in [3.8, 4) is 0 Å². The average Bonchev–Trinajstić information content (AvgIpc) is 2.80. The van der Waals surface area contributed by atoms with E-state index in [1.807, 2.05) is 24.8 Å². The number of hydrogen-bond donors (Lipinski definition) is 0. The molecule has 2 aromatic heterocycles. The van der Waals surface area contributed by atoms with Gasteiger partial charge in [0.2, 0.25) is 0 Å². The van der Waals surface area contributed by atoms with E-state index < -0.39 is 0 Å². The van der Waals surface area contributed by atoms with E-state index in [0.717, 1.165) is 0 Å². The SMILES string of the molecule is COC(=O)CN(CCn1nc2ccccn2c1=O)C(C)C. The number of carbonyl (C=O) groups excluding carboxylic acids is 1. The summed E-state index contributed by atoms with van der Waals surface area (Å²) in [5, 5.41) is 4.27. The molecule has 0 fully saturated rings. The minimum Gasteiger partial charge on any atom is -0.468 e. The molecule has 0 aliphatic heterocycles. The summed E-state index contributed by atoms with van der Waals surface area (Å²) >= 11 is 0. The molecule has 7 nitrogen and oxygen atoms in total. The summed E-state index contributed by atoms with van der Waals surface area (Å²) in [6.45, 7) is 5.17. The van der Waals surface area contributed by atoms with Crippen LogP contribution >= 0.6 is 0 Å². The van der Waals surface area contributed by atoms with Crippen LogP contribution in [-0.4, -0.2) is 51.3 Å². The highest BCUT2D eigenvalue weighted by atomic mass is 16.5. The quantitative estimate of drug-likeness (QED) is 0.720. The summed E-state index contributed by atoms with van der Waals surface area (Å²) in [6, 6.07) is 5.59. The Hall–Kier alpha value is -2.15. The first-order valence-corrected chi connectivity index (χ1v) is 6.88. The van der Waals surface area contributed by atoms with E-state index in [2.05, 4.69) is 9.84 Å². The number of hydrogen-bond acceptors (Lipinski definition) is 5. The standard InChI is InChI=1S/C14H20N4O3/c1-11(2)16(10-13(19)21-3)8-9-18-14(20)17-7-5-4-6-12(17)15-18/h4-7,11H,8-10H2,1-3H3. The molecule has 0 aromatic carbocycles. The molecule has 0 amide bonds. The highest BCUT2D eigenvalue weighted by Crippen LogP contribution is 2.00. The van der Waals surface area contributed by atoms with Gasteiger partial charge >= 0.3 is 11.7 Å². The number of ether oxygens (including phenoxy) is 1. The number of carbonyl (C=O) groups is 1. The van der Waals surface area contributed by atoms with Gasteiger partial charge in [-0.2, -0.15) is 0 Å². The predicted octanol–water partition coefficient (Wildman–Crippen LogP) is 0.379. The lowest BCUT2D eigenvalue weighted by molar-refractivity contribution is -0.142. The van der Waals surface area contributed by atoms with Crippen LogP contribution < -0.4 is 5.69 Å². The monoisotopic (exact) mass is 292 g/mol. The van der Waals surface area contributed by atoms with Gasteiger partial charge in [-0.1, -0.05) is 6.07 Å². The van der Waals surface area contributed by atoms with Crippen LogP contribution in [0.25, 0.3) is 5.65 Å². The van der Waals surface area contributed by atoms with Crippen molar-refractivity contribution in [3.05, 3.63) is 34.9 Å². The molecular weight excluding hydrogens is 272 g/mol. The molecule has 0 atom stereocenters. The van der Waals surface area contributed by atoms with Crippen molar-refractivity contribution >= 4 is 11.6 Å². The van der Waals surface area contributed by atoms with Crippen molar-refractivity contribution < 1.29 is 9.53 Å². The van der Waals surface area contributed by atoms with Crippen LogP contribution in [0.15, 0.2) is 29.2 Å². The van der Waals surface area contributed by atoms with Gasteiger partial charge in [0.05, 0.1) is 20.2 Å². The first kappa shape index (κ1) is 15.2. The van der Waals surface area contributed by atoms with Gasteiger partial charge < -0.3 is 4.74 Å². The number of rotatable bonds is 6. The highest BCUT2D eigenvalue weighted by Gasteiger charge is 2.15. The molecule has 0 aliphatic rings. The van der Waals surface area contributed by atoms with Gasteiger partial charge in [-0.15, -0.1) is 5.10 Å². The van der Waals surface area contributed by atoms with Crippen molar-refractivity contribution in [2.75, 3.05) is 20.2 Å². The normalized spacial score (nSPS) is 11.5. The number of esters is 1. The van der Waals surface area contributed by atoms with E-state index in [1.165, 1.54) is 16.2 Å². The van der Waals surface area contributed by atoms with Crippen LogP contribution in [0.1, 0.15) is 13.8 Å². The summed E-state index contributed by atoms with van der Waals surface area (Å²) in [7, 11) is 1.37. The fourth-order valence-electron chi connectivity index (χ4n) is 2.09. The third-order valence-electron chi connectivity index (χ3n) is 3.38. The molecular formula is C14H20N4O3. The van der Waals surface area contributed by atoms with E-state index in [0.29, 0.717) is 18.7 Å². The molecule has 0 radical (unpaired) electrons. The van der Waals surface area contributed by atoms with Gasteiger partial charge in [0.1, 0.15) is 0 Å². The largest absolute Gasteiger partial charge is 0.468 e. The van der Waals surface area contributed by atoms with Crippen molar-refractivity contribution in [2.24, 2.45) is 0 Å². The van der Waals surface area contributed by atoms with Gasteiger partial charge in [-0.05, 0) is 26.0 Å². The van der Waals surface area contributed by atoms with E-state index in [4.69, 9.17) is 0 Å². The van der Waals surface area contributed by atoms with E-state index >= 15 is 0 Å². The second-order valence-corrected chi connectivity index (χ2v) is 5.07. The molecule has 0 unspecified atom stereocenters. The van der Waals surface area contributed by atoms with Crippen LogP contribution in [-0.2, 0) is 16.1 Å². The zero-order chi connectivity index (χ0) is 15.4. The van der Waals surface area contributed by atoms with E-state index in [9.17, 15) is 9.59 Å². The Balaban J connectivity index is 2.10. The number of aromatic nitrogens is 3. The maximum absolute atomic E-state index is 12.1. The molecule has 0 saturated heterocycles. The van der Waals surface area contributed by atoms with Crippen LogP contribution in [0.4, 0.5) is 0 Å². The van der Waals surface area contributed by atoms with Gasteiger partial charge in [-0.3, -0.25) is 14.1 Å². The Kier molecular flexibility index (Phi) is 4.74. The highest BCUT2D eigenvalue weighted by molar-refractivity contribution is 5.71. The van der Waals surface area contributed by atoms with Crippen LogP contribution in [0.5, 0.6) is 0 Å². The number of nitrogens with zero attached hydrogens (tertiary/aromatic N) is 4. The molecule has 21 heavy (non-hydrogen) atoms. The first-order valence-electron chi connectivity index (χ1n) is 6.88. The molecule has 0 aliphatic carbocycles. The average molecular weight is 292 g/mol. The summed E-state index contributed by atoms with van der Waals surface area (Å²) in [6.07, 6.45) is 1.69. The third kappa shape index (κ3) is 3.49. The number of methoxy groups -OCH3 is 1. The number of fused-ring (bicyclic) bond motifs is 1. The first-order chi connectivity index (χ1) is 10.0. The van der Waals surface area contributed by atoms with Crippen molar-refractivity contribution in [1.82, 2.24) is 19.1 Å². The molecule has 0 saturated carbocycles. The molecule has 0 spiro atoms. The zero-order valence-electron chi connectivity index (χ0n) is 12.5. The molecule has 7 heteroatoms. The molecule has 0 bridgehead atoms. The van der Waals surface area contributed by atoms with Crippen molar-refractivity contribution in [1.29, 1.82) is 0 Å². The third-order valence-corrected chi connectivity index (χ3v) is 3.38. The lowest BCUT2D eigenvalue weighted by Crippen LogP contribution is -2.39. The molecule has 2 rings (SSSR count). The summed E-state index contributed by atoms with van der Waals surface area (Å²) in [4.78, 5) is 25.5. The minimum absolute atomic E-state index is 0.174. The minimum atomic E-state index is -0.286. The van der Waals surface area contributed by atoms with Gasteiger partial charge in [0.25, 0.3) is 0 Å². The van der Waals surface area contributed by atoms with Crippen LogP contribution in [0.2, 0.25) is 0 Å². The molecule has 2 heterocycles. The van der Waals surface area contributed by atoms with Gasteiger partial charge in [0.15, 0.2) is 5.65 Å². The zero-order valence-corrected chi connectivity index (χ0v) is 12.5. The second-order valence-electron chi connectivity index (χ2n) is 5.07. The Morgan fingerprint density at radius 1 is 1.43 bits per heavy atom. The summed E-state index contributed by atoms with van der Waals surface area (Å²) in [5.41, 5.74) is 0.443. The fourth-order valence-corrected chi connectivity index (χ4v) is 2.09. The van der Waals surface area contributed by atoms with Crippen molar-refractivity contribution in [3.63, 3.8) is 0 Å². The van der Waals surface area contributed by atoms with Gasteiger partial charge in [0, 0.05) is 18.8 Å². The molecule has 0 N–H and O–H groups in total. The Bertz CT molecular complexity index is 674. The number of pyridine rings is 1. The Labute approximate surface area is 122 Å². The maximum Gasteiger partial charge on any atom is 0.350 e. The summed E-state index contributed by atoms with van der Waals surface area (Å²) in [5.74, 6) is -0.286. The van der Waals surface area contributed by atoms with Gasteiger partial charge in [-0.25, -0.2) is 9.48 Å². The fraction of sp³-hybridized carbons (Fsp3) is 0.500. The van der Waals surface area contributed by atoms with Crippen LogP contribution in [0, 0.1) is 0 Å². The van der Waals surface area contributed by atoms with E-state index in [-0.39, 0.29) is 24.2 Å². The predicted molar refractivity (Wildman–Crippen MR) is 78.2 cm³/mol. The maximum atomic E-state index is 12.1.